The molecule has 2 N–H and O–H groups in total. The van der Waals surface area contributed by atoms with Crippen molar-refractivity contribution in [2.75, 3.05) is 5.32 Å². The van der Waals surface area contributed by atoms with Crippen LogP contribution in [0.2, 0.25) is 5.02 Å². The summed E-state index contributed by atoms with van der Waals surface area (Å²) in [5.41, 5.74) is 1.83. The Kier molecular flexibility index (Phi) is 4.27. The van der Waals surface area contributed by atoms with Crippen molar-refractivity contribution in [2.24, 2.45) is 0 Å². The molecule has 0 aliphatic heterocycles. The average molecular weight is 280 g/mol. The van der Waals surface area contributed by atoms with Crippen LogP contribution in [0.15, 0.2) is 42.5 Å². The molecule has 2 aromatic carbocycles. The number of hydrogen-bond donors (Lipinski definition) is 2. The van der Waals surface area contributed by atoms with Crippen LogP contribution < -0.4 is 5.32 Å². The Morgan fingerprint density at radius 3 is 2.47 bits per heavy atom. The van der Waals surface area contributed by atoms with Crippen LogP contribution >= 0.6 is 11.6 Å². The summed E-state index contributed by atoms with van der Waals surface area (Å²) in [5.74, 6) is -0.187. The number of rotatable bonds is 4. The first-order valence-electron chi connectivity index (χ1n) is 6.10. The SMILES string of the molecule is CCC(Nc1ccc(F)c(Cl)c1)c1ccc(O)cc1. The van der Waals surface area contributed by atoms with E-state index >= 15 is 0 Å². The molecule has 0 fully saturated rings. The van der Waals surface area contributed by atoms with Gasteiger partial charge in [0.2, 0.25) is 0 Å². The van der Waals surface area contributed by atoms with E-state index in [1.54, 1.807) is 24.3 Å². The molecule has 0 aliphatic carbocycles. The number of halogens is 2. The second-order valence-corrected chi connectivity index (χ2v) is 4.73. The normalized spacial score (nSPS) is 12.2. The van der Waals surface area contributed by atoms with Gasteiger partial charge < -0.3 is 10.4 Å². The van der Waals surface area contributed by atoms with E-state index in [0.29, 0.717) is 0 Å². The molecular weight excluding hydrogens is 265 g/mol. The van der Waals surface area contributed by atoms with E-state index in [1.165, 1.54) is 6.07 Å². The number of aromatic hydroxyl groups is 1. The van der Waals surface area contributed by atoms with E-state index in [1.807, 2.05) is 12.1 Å². The highest BCUT2D eigenvalue weighted by atomic mass is 35.5. The Bertz CT molecular complexity index is 557. The minimum Gasteiger partial charge on any atom is -0.508 e. The molecule has 19 heavy (non-hydrogen) atoms. The van der Waals surface area contributed by atoms with Gasteiger partial charge in [0.05, 0.1) is 11.1 Å². The van der Waals surface area contributed by atoms with E-state index in [0.717, 1.165) is 17.7 Å². The summed E-state index contributed by atoms with van der Waals surface area (Å²) in [4.78, 5) is 0. The molecule has 0 aromatic heterocycles. The molecule has 1 atom stereocenters. The third kappa shape index (κ3) is 3.38. The number of phenols is 1. The Balaban J connectivity index is 2.18. The monoisotopic (exact) mass is 279 g/mol. The summed E-state index contributed by atoms with van der Waals surface area (Å²) in [5, 5.41) is 12.7. The van der Waals surface area contributed by atoms with Crippen molar-refractivity contribution in [3.63, 3.8) is 0 Å². The molecule has 0 saturated heterocycles. The summed E-state index contributed by atoms with van der Waals surface area (Å²) >= 11 is 5.76. The Hall–Kier alpha value is -1.74. The minimum absolute atomic E-state index is 0.0853. The molecular formula is C15H15ClFNO. The van der Waals surface area contributed by atoms with Gasteiger partial charge in [0.1, 0.15) is 11.6 Å². The van der Waals surface area contributed by atoms with Gasteiger partial charge in [-0.3, -0.25) is 0 Å². The molecule has 4 heteroatoms. The number of hydrogen-bond acceptors (Lipinski definition) is 2. The molecule has 100 valence electrons. The zero-order valence-corrected chi connectivity index (χ0v) is 11.3. The highest BCUT2D eigenvalue weighted by molar-refractivity contribution is 6.31. The molecule has 0 saturated carbocycles. The number of nitrogens with one attached hydrogen (secondary N) is 1. The lowest BCUT2D eigenvalue weighted by Gasteiger charge is -2.19. The fourth-order valence-corrected chi connectivity index (χ4v) is 2.10. The molecule has 0 aliphatic rings. The van der Waals surface area contributed by atoms with Gasteiger partial charge >= 0.3 is 0 Å². The number of phenolic OH excluding ortho intramolecular Hbond substituents is 1. The fraction of sp³-hybridized carbons (Fsp3) is 0.200. The smallest absolute Gasteiger partial charge is 0.141 e. The second kappa shape index (κ2) is 5.93. The van der Waals surface area contributed by atoms with Crippen molar-refractivity contribution < 1.29 is 9.50 Å². The van der Waals surface area contributed by atoms with Gasteiger partial charge in [0.15, 0.2) is 0 Å². The largest absolute Gasteiger partial charge is 0.508 e. The van der Waals surface area contributed by atoms with Crippen molar-refractivity contribution in [3.8, 4) is 5.75 Å². The maximum absolute atomic E-state index is 13.1. The standard InChI is InChI=1S/C15H15ClFNO/c1-2-15(10-3-6-12(19)7-4-10)18-11-5-8-14(17)13(16)9-11/h3-9,15,18-19H,2H2,1H3. The van der Waals surface area contributed by atoms with E-state index in [2.05, 4.69) is 12.2 Å². The lowest BCUT2D eigenvalue weighted by atomic mass is 10.0. The predicted octanol–water partition coefficient (Wildman–Crippen LogP) is 4.75. The summed E-state index contributed by atoms with van der Waals surface area (Å²) in [7, 11) is 0. The summed E-state index contributed by atoms with van der Waals surface area (Å²) < 4.78 is 13.1. The van der Waals surface area contributed by atoms with Crippen molar-refractivity contribution in [1.82, 2.24) is 0 Å². The lowest BCUT2D eigenvalue weighted by molar-refractivity contribution is 0.475. The maximum atomic E-state index is 13.1. The maximum Gasteiger partial charge on any atom is 0.141 e. The number of anilines is 1. The van der Waals surface area contributed by atoms with Gasteiger partial charge in [-0.2, -0.15) is 0 Å². The van der Waals surface area contributed by atoms with E-state index in [9.17, 15) is 9.50 Å². The zero-order valence-electron chi connectivity index (χ0n) is 10.5. The third-order valence-electron chi connectivity index (χ3n) is 2.96. The van der Waals surface area contributed by atoms with Crippen molar-refractivity contribution in [2.45, 2.75) is 19.4 Å². The van der Waals surface area contributed by atoms with Crippen molar-refractivity contribution in [3.05, 3.63) is 58.9 Å². The van der Waals surface area contributed by atoms with Crippen LogP contribution in [0.25, 0.3) is 0 Å². The van der Waals surface area contributed by atoms with Crippen LogP contribution in [0.4, 0.5) is 10.1 Å². The molecule has 0 heterocycles. The third-order valence-corrected chi connectivity index (χ3v) is 3.25. The van der Waals surface area contributed by atoms with Crippen LogP contribution in [-0.4, -0.2) is 5.11 Å². The van der Waals surface area contributed by atoms with Gasteiger partial charge in [-0.15, -0.1) is 0 Å². The van der Waals surface area contributed by atoms with Gasteiger partial charge in [-0.1, -0.05) is 30.7 Å². The highest BCUT2D eigenvalue weighted by Gasteiger charge is 2.10. The lowest BCUT2D eigenvalue weighted by Crippen LogP contribution is -2.09. The van der Waals surface area contributed by atoms with Crippen molar-refractivity contribution in [1.29, 1.82) is 0 Å². The average Bonchev–Trinajstić information content (AvgIpc) is 2.41. The fourth-order valence-electron chi connectivity index (χ4n) is 1.91. The van der Waals surface area contributed by atoms with Gasteiger partial charge in [-0.25, -0.2) is 4.39 Å². The molecule has 1 unspecified atom stereocenters. The predicted molar refractivity (Wildman–Crippen MR) is 76.2 cm³/mol. The van der Waals surface area contributed by atoms with Gasteiger partial charge in [-0.05, 0) is 42.3 Å². The van der Waals surface area contributed by atoms with E-state index in [-0.39, 0.29) is 16.8 Å². The first kappa shape index (κ1) is 13.7. The second-order valence-electron chi connectivity index (χ2n) is 4.33. The summed E-state index contributed by atoms with van der Waals surface area (Å²) in [6, 6.07) is 11.7. The van der Waals surface area contributed by atoms with Crippen LogP contribution in [0, 0.1) is 5.82 Å². The van der Waals surface area contributed by atoms with Crippen LogP contribution in [0.3, 0.4) is 0 Å². The molecule has 0 amide bonds. The Labute approximate surface area is 116 Å². The van der Waals surface area contributed by atoms with Gasteiger partial charge in [0, 0.05) is 5.69 Å². The van der Waals surface area contributed by atoms with E-state index < -0.39 is 5.82 Å². The molecule has 0 bridgehead atoms. The topological polar surface area (TPSA) is 32.3 Å². The molecule has 0 radical (unpaired) electrons. The van der Waals surface area contributed by atoms with Crippen molar-refractivity contribution >= 4 is 17.3 Å². The van der Waals surface area contributed by atoms with Crippen LogP contribution in [-0.2, 0) is 0 Å². The molecule has 2 nitrogen and oxygen atoms in total. The summed E-state index contributed by atoms with van der Waals surface area (Å²) in [6.07, 6.45) is 0.861. The number of benzene rings is 2. The highest BCUT2D eigenvalue weighted by Crippen LogP contribution is 2.26. The van der Waals surface area contributed by atoms with Gasteiger partial charge in [0.25, 0.3) is 0 Å². The zero-order chi connectivity index (χ0) is 13.8. The Morgan fingerprint density at radius 1 is 1.21 bits per heavy atom. The minimum atomic E-state index is -0.426. The first-order valence-corrected chi connectivity index (χ1v) is 6.48. The molecule has 2 aromatic rings. The summed E-state index contributed by atoms with van der Waals surface area (Å²) in [6.45, 7) is 2.05. The Morgan fingerprint density at radius 2 is 1.89 bits per heavy atom. The quantitative estimate of drug-likeness (QED) is 0.846. The van der Waals surface area contributed by atoms with Crippen LogP contribution in [0.5, 0.6) is 5.75 Å². The molecule has 0 spiro atoms. The van der Waals surface area contributed by atoms with E-state index in [4.69, 9.17) is 11.6 Å². The first-order chi connectivity index (χ1) is 9.10. The molecule has 2 rings (SSSR count). The van der Waals surface area contributed by atoms with Crippen LogP contribution in [0.1, 0.15) is 24.9 Å².